The number of hydrogen-bond donors (Lipinski definition) is 1. The summed E-state index contributed by atoms with van der Waals surface area (Å²) in [4.78, 5) is 27.1. The van der Waals surface area contributed by atoms with Crippen LogP contribution in [0.5, 0.6) is 0 Å². The standard InChI is InChI=1S/C28H25F2N3O3S/c29-21-5-1-3-19(13-21)27(20-4-2-6-22(30)14-20)36-28(35)32-24-16-33(11-9-18(24)10-12-33)17-25(34)26-8-7-23(15-31)37-26/h1-8,13-14,18,24,27H,9-12,16-17H2/p+1. The van der Waals surface area contributed by atoms with E-state index in [2.05, 4.69) is 11.4 Å². The zero-order valence-corrected chi connectivity index (χ0v) is 20.8. The number of rotatable bonds is 7. The Bertz CT molecular complexity index is 1310. The Morgan fingerprint density at radius 3 is 2.27 bits per heavy atom. The second kappa shape index (κ2) is 10.4. The molecule has 1 atom stereocenters. The fraction of sp³-hybridized carbons (Fsp3) is 0.321. The first-order valence-corrected chi connectivity index (χ1v) is 13.0. The average Bonchev–Trinajstić information content (AvgIpc) is 3.37. The first-order chi connectivity index (χ1) is 17.8. The molecule has 6 rings (SSSR count). The van der Waals surface area contributed by atoms with Gasteiger partial charge < -0.3 is 14.5 Å². The van der Waals surface area contributed by atoms with Gasteiger partial charge in [0.25, 0.3) is 0 Å². The summed E-state index contributed by atoms with van der Waals surface area (Å²) in [6.07, 6.45) is 0.108. The number of quaternary nitrogens is 1. The van der Waals surface area contributed by atoms with E-state index in [-0.39, 0.29) is 17.7 Å². The van der Waals surface area contributed by atoms with Crippen LogP contribution in [0, 0.1) is 28.9 Å². The first-order valence-electron chi connectivity index (χ1n) is 12.2. The van der Waals surface area contributed by atoms with E-state index in [1.165, 1.54) is 47.7 Å². The molecule has 2 bridgehead atoms. The van der Waals surface area contributed by atoms with Crippen molar-refractivity contribution in [3.8, 4) is 6.07 Å². The number of nitrogens with one attached hydrogen (secondary N) is 1. The number of fused-ring (bicyclic) bond motifs is 3. The van der Waals surface area contributed by atoms with Crippen molar-refractivity contribution in [3.63, 3.8) is 0 Å². The second-order valence-corrected chi connectivity index (χ2v) is 10.9. The van der Waals surface area contributed by atoms with E-state index >= 15 is 0 Å². The van der Waals surface area contributed by atoms with Crippen molar-refractivity contribution in [2.75, 3.05) is 26.2 Å². The van der Waals surface area contributed by atoms with Gasteiger partial charge in [-0.15, -0.1) is 11.3 Å². The molecule has 3 aromatic rings. The summed E-state index contributed by atoms with van der Waals surface area (Å²) in [5.74, 6) is -0.685. The molecule has 3 saturated heterocycles. The van der Waals surface area contributed by atoms with Crippen LogP contribution in [-0.4, -0.2) is 48.6 Å². The van der Waals surface area contributed by atoms with E-state index in [1.807, 2.05) is 0 Å². The van der Waals surface area contributed by atoms with Crippen LogP contribution in [0.3, 0.4) is 0 Å². The Labute approximate surface area is 217 Å². The van der Waals surface area contributed by atoms with E-state index in [1.54, 1.807) is 24.3 Å². The lowest BCUT2D eigenvalue weighted by Gasteiger charge is -2.52. The minimum absolute atomic E-state index is 0.00505. The number of hydrogen-bond acceptors (Lipinski definition) is 5. The largest absolute Gasteiger partial charge is 0.436 e. The van der Waals surface area contributed by atoms with Gasteiger partial charge in [0.2, 0.25) is 5.78 Å². The van der Waals surface area contributed by atoms with E-state index < -0.39 is 23.8 Å². The Morgan fingerprint density at radius 2 is 1.70 bits per heavy atom. The molecule has 0 spiro atoms. The summed E-state index contributed by atoms with van der Waals surface area (Å²) < 4.78 is 34.2. The van der Waals surface area contributed by atoms with Crippen LogP contribution in [0.2, 0.25) is 0 Å². The summed E-state index contributed by atoms with van der Waals surface area (Å²) in [7, 11) is 0. The van der Waals surface area contributed by atoms with Crippen LogP contribution < -0.4 is 5.32 Å². The van der Waals surface area contributed by atoms with Gasteiger partial charge in [0.05, 0.1) is 30.6 Å². The Hall–Kier alpha value is -3.61. The number of thiophene rings is 1. The summed E-state index contributed by atoms with van der Waals surface area (Å²) >= 11 is 1.20. The molecule has 0 saturated carbocycles. The number of benzene rings is 2. The molecule has 1 amide bonds. The molecule has 37 heavy (non-hydrogen) atoms. The van der Waals surface area contributed by atoms with Crippen LogP contribution in [0.25, 0.3) is 0 Å². The van der Waals surface area contributed by atoms with Gasteiger partial charge >= 0.3 is 6.09 Å². The van der Waals surface area contributed by atoms with Gasteiger partial charge in [0.1, 0.15) is 29.1 Å². The first kappa shape index (κ1) is 25.1. The molecule has 0 aliphatic carbocycles. The fourth-order valence-electron chi connectivity index (χ4n) is 5.56. The third-order valence-electron chi connectivity index (χ3n) is 7.40. The molecule has 1 N–H and O–H groups in total. The molecule has 6 nitrogen and oxygen atoms in total. The number of halogens is 2. The topological polar surface area (TPSA) is 79.2 Å². The molecule has 0 radical (unpaired) electrons. The number of amides is 1. The zero-order chi connectivity index (χ0) is 26.0. The Kier molecular flexibility index (Phi) is 7.04. The Balaban J connectivity index is 1.29. The predicted octanol–water partition coefficient (Wildman–Crippen LogP) is 5.21. The van der Waals surface area contributed by atoms with Gasteiger partial charge in [-0.3, -0.25) is 4.79 Å². The molecule has 3 aliphatic rings. The number of piperidine rings is 3. The van der Waals surface area contributed by atoms with Gasteiger partial charge in [-0.25, -0.2) is 13.6 Å². The number of nitrogens with zero attached hydrogens (tertiary/aromatic N) is 2. The molecule has 3 aliphatic heterocycles. The number of nitriles is 1. The third kappa shape index (κ3) is 5.55. The van der Waals surface area contributed by atoms with Crippen molar-refractivity contribution in [1.82, 2.24) is 5.32 Å². The van der Waals surface area contributed by atoms with Gasteiger partial charge in [-0.05, 0) is 53.4 Å². The average molecular weight is 523 g/mol. The van der Waals surface area contributed by atoms with Crippen LogP contribution in [0.4, 0.5) is 13.6 Å². The van der Waals surface area contributed by atoms with E-state index in [4.69, 9.17) is 10.00 Å². The van der Waals surface area contributed by atoms with Crippen molar-refractivity contribution in [3.05, 3.63) is 93.2 Å². The molecule has 1 aromatic heterocycles. The fourth-order valence-corrected chi connectivity index (χ4v) is 6.30. The molecule has 4 heterocycles. The second-order valence-electron chi connectivity index (χ2n) is 9.81. The maximum atomic E-state index is 14.0. The highest BCUT2D eigenvalue weighted by Crippen LogP contribution is 2.35. The lowest BCUT2D eigenvalue weighted by Crippen LogP contribution is -2.68. The van der Waals surface area contributed by atoms with Crippen molar-refractivity contribution >= 4 is 23.2 Å². The highest BCUT2D eigenvalue weighted by Gasteiger charge is 2.47. The molecular weight excluding hydrogens is 496 g/mol. The van der Waals surface area contributed by atoms with Gasteiger partial charge in [0, 0.05) is 12.8 Å². The molecule has 1 unspecified atom stereocenters. The number of carbonyl (C=O) groups is 2. The molecular formula is C28H26F2N3O3S+. The van der Waals surface area contributed by atoms with Crippen LogP contribution in [0.1, 0.15) is 44.6 Å². The highest BCUT2D eigenvalue weighted by molar-refractivity contribution is 7.14. The normalized spacial score (nSPS) is 22.4. The van der Waals surface area contributed by atoms with Crippen LogP contribution in [-0.2, 0) is 4.74 Å². The summed E-state index contributed by atoms with van der Waals surface area (Å²) in [6, 6.07) is 16.7. The van der Waals surface area contributed by atoms with Gasteiger partial charge in [-0.2, -0.15) is 5.26 Å². The number of ether oxygens (including phenoxy) is 1. The zero-order valence-electron chi connectivity index (χ0n) is 20.0. The molecule has 190 valence electrons. The van der Waals surface area contributed by atoms with Gasteiger partial charge in [0.15, 0.2) is 6.10 Å². The number of alkyl carbamates (subject to hydrolysis) is 1. The van der Waals surface area contributed by atoms with Crippen molar-refractivity contribution < 1.29 is 27.6 Å². The summed E-state index contributed by atoms with van der Waals surface area (Å²) in [5.41, 5.74) is 0.799. The lowest BCUT2D eigenvalue weighted by atomic mass is 9.81. The van der Waals surface area contributed by atoms with Gasteiger partial charge in [-0.1, -0.05) is 24.3 Å². The predicted molar refractivity (Wildman–Crippen MR) is 134 cm³/mol. The smallest absolute Gasteiger partial charge is 0.408 e. The quantitative estimate of drug-likeness (QED) is 0.342. The Morgan fingerprint density at radius 1 is 1.05 bits per heavy atom. The number of carbonyl (C=O) groups excluding carboxylic acids is 2. The lowest BCUT2D eigenvalue weighted by molar-refractivity contribution is -0.936. The summed E-state index contributed by atoms with van der Waals surface area (Å²) in [5, 5.41) is 12.1. The molecule has 2 aromatic carbocycles. The molecule has 9 heteroatoms. The number of Topliss-reactive ketones (excluding diaryl/α,β-unsaturated/α-hetero) is 1. The van der Waals surface area contributed by atoms with Crippen molar-refractivity contribution in [2.45, 2.75) is 25.0 Å². The van der Waals surface area contributed by atoms with Crippen molar-refractivity contribution in [1.29, 1.82) is 5.26 Å². The maximum absolute atomic E-state index is 14.0. The number of ketones is 1. The van der Waals surface area contributed by atoms with Crippen LogP contribution in [0.15, 0.2) is 60.7 Å². The van der Waals surface area contributed by atoms with E-state index in [0.717, 1.165) is 25.9 Å². The van der Waals surface area contributed by atoms with E-state index in [0.29, 0.717) is 38.5 Å². The monoisotopic (exact) mass is 522 g/mol. The van der Waals surface area contributed by atoms with Crippen molar-refractivity contribution in [2.24, 2.45) is 5.92 Å². The third-order valence-corrected chi connectivity index (χ3v) is 8.43. The van der Waals surface area contributed by atoms with Crippen LogP contribution >= 0.6 is 11.3 Å². The summed E-state index contributed by atoms with van der Waals surface area (Å²) in [6.45, 7) is 2.64. The highest BCUT2D eigenvalue weighted by atomic mass is 32.1. The maximum Gasteiger partial charge on any atom is 0.408 e. The minimum atomic E-state index is -0.981. The SMILES string of the molecule is N#Cc1ccc(C(=O)C[N+]23CCC(CC2)C(NC(=O)OC(c2cccc(F)c2)c2cccc(F)c2)C3)s1. The minimum Gasteiger partial charge on any atom is -0.436 e. The molecule has 3 fully saturated rings. The van der Waals surface area contributed by atoms with E-state index in [9.17, 15) is 18.4 Å².